The fourth-order valence-corrected chi connectivity index (χ4v) is 2.77. The smallest absolute Gasteiger partial charge is 0.338 e. The second-order valence-electron chi connectivity index (χ2n) is 2.71. The van der Waals surface area contributed by atoms with E-state index < -0.39 is 0 Å². The van der Waals surface area contributed by atoms with Crippen molar-refractivity contribution in [1.82, 2.24) is 4.98 Å². The van der Waals surface area contributed by atoms with Gasteiger partial charge in [-0.05, 0) is 13.0 Å². The molecular formula is C9H7NO3S2. The van der Waals surface area contributed by atoms with Crippen LogP contribution >= 0.6 is 22.7 Å². The first-order valence-electron chi connectivity index (χ1n) is 4.27. The van der Waals surface area contributed by atoms with Crippen LogP contribution in [-0.2, 0) is 4.74 Å². The first kappa shape index (κ1) is 10.3. The van der Waals surface area contributed by atoms with E-state index in [1.807, 2.05) is 0 Å². The Bertz CT molecular complexity index is 517. The zero-order valence-electron chi connectivity index (χ0n) is 7.85. The molecule has 0 aliphatic carbocycles. The van der Waals surface area contributed by atoms with Crippen LogP contribution in [0, 0.1) is 0 Å². The van der Waals surface area contributed by atoms with Crippen molar-refractivity contribution in [3.05, 3.63) is 26.7 Å². The van der Waals surface area contributed by atoms with Crippen LogP contribution in [0.4, 0.5) is 0 Å². The Kier molecular flexibility index (Phi) is 2.79. The minimum absolute atomic E-state index is 0.234. The third kappa shape index (κ3) is 2.05. The van der Waals surface area contributed by atoms with E-state index in [0.29, 0.717) is 17.2 Å². The Balaban J connectivity index is 2.43. The lowest BCUT2D eigenvalue weighted by Gasteiger charge is -2.01. The van der Waals surface area contributed by atoms with Crippen LogP contribution < -0.4 is 4.87 Å². The second kappa shape index (κ2) is 4.08. The summed E-state index contributed by atoms with van der Waals surface area (Å²) in [6, 6.07) is 1.64. The van der Waals surface area contributed by atoms with Crippen LogP contribution in [0.3, 0.4) is 0 Å². The van der Waals surface area contributed by atoms with Crippen LogP contribution in [0.5, 0.6) is 0 Å². The number of hydrogen-bond acceptors (Lipinski definition) is 6. The molecule has 0 N–H and O–H groups in total. The molecule has 0 aromatic heterocycles. The Morgan fingerprint density at radius 1 is 1.60 bits per heavy atom. The number of fused-ring (bicyclic) bond motifs is 1. The summed E-state index contributed by atoms with van der Waals surface area (Å²) in [5.41, 5.74) is 0.470. The third-order valence-corrected chi connectivity index (χ3v) is 3.53. The molecule has 0 aromatic rings. The van der Waals surface area contributed by atoms with Crippen LogP contribution in [0.1, 0.15) is 17.3 Å². The van der Waals surface area contributed by atoms with Crippen molar-refractivity contribution in [3.63, 3.8) is 0 Å². The number of carbonyl (C=O) groups excluding carboxylic acids is 1. The molecule has 0 radical (unpaired) electrons. The molecule has 78 valence electrons. The van der Waals surface area contributed by atoms with Crippen molar-refractivity contribution in [3.8, 4) is 9.88 Å². The SMILES string of the molecule is CCOC(=O)c1csc2nc(=O)sc-2c1. The van der Waals surface area contributed by atoms with Gasteiger partial charge in [-0.25, -0.2) is 4.79 Å². The maximum absolute atomic E-state index is 11.4. The number of thiazole rings is 1. The molecular weight excluding hydrogens is 234 g/mol. The van der Waals surface area contributed by atoms with Crippen molar-refractivity contribution in [1.29, 1.82) is 0 Å². The fraction of sp³-hybridized carbons (Fsp3) is 0.222. The first-order valence-corrected chi connectivity index (χ1v) is 5.97. The molecule has 0 atom stereocenters. The normalized spacial score (nSPS) is 10.5. The Morgan fingerprint density at radius 3 is 3.13 bits per heavy atom. The molecule has 15 heavy (non-hydrogen) atoms. The fourth-order valence-electron chi connectivity index (χ4n) is 1.09. The molecule has 0 unspecified atom stereocenters. The van der Waals surface area contributed by atoms with Crippen molar-refractivity contribution < 1.29 is 9.53 Å². The average Bonchev–Trinajstić information content (AvgIpc) is 2.57. The van der Waals surface area contributed by atoms with Crippen LogP contribution in [0.25, 0.3) is 9.88 Å². The molecule has 0 spiro atoms. The van der Waals surface area contributed by atoms with Gasteiger partial charge in [-0.3, -0.25) is 4.79 Å². The molecule has 0 fully saturated rings. The molecule has 2 aliphatic heterocycles. The number of esters is 1. The maximum atomic E-state index is 11.4. The third-order valence-electron chi connectivity index (χ3n) is 1.70. The van der Waals surface area contributed by atoms with Gasteiger partial charge < -0.3 is 4.74 Å². The monoisotopic (exact) mass is 241 g/mol. The van der Waals surface area contributed by atoms with E-state index >= 15 is 0 Å². The van der Waals surface area contributed by atoms with E-state index in [-0.39, 0.29) is 10.8 Å². The number of rotatable bonds is 2. The number of aromatic nitrogens is 1. The van der Waals surface area contributed by atoms with Gasteiger partial charge in [-0.2, -0.15) is 4.98 Å². The summed E-state index contributed by atoms with van der Waals surface area (Å²) in [7, 11) is 0. The van der Waals surface area contributed by atoms with Gasteiger partial charge in [0, 0.05) is 5.38 Å². The summed E-state index contributed by atoms with van der Waals surface area (Å²) in [6.07, 6.45) is 0. The van der Waals surface area contributed by atoms with E-state index in [4.69, 9.17) is 4.74 Å². The molecule has 2 rings (SSSR count). The average molecular weight is 241 g/mol. The van der Waals surface area contributed by atoms with Crippen LogP contribution in [0.2, 0.25) is 0 Å². The van der Waals surface area contributed by atoms with Gasteiger partial charge in [-0.1, -0.05) is 11.3 Å². The summed E-state index contributed by atoms with van der Waals surface area (Å²) >= 11 is 2.31. The number of carbonyl (C=O) groups is 1. The first-order chi connectivity index (χ1) is 7.20. The number of nitrogens with zero attached hydrogens (tertiary/aromatic N) is 1. The minimum atomic E-state index is -0.364. The molecule has 6 heteroatoms. The van der Waals surface area contributed by atoms with Gasteiger partial charge in [0.25, 0.3) is 0 Å². The predicted octanol–water partition coefficient (Wildman–Crippen LogP) is 1.85. The van der Waals surface area contributed by atoms with Gasteiger partial charge in [0.1, 0.15) is 5.01 Å². The summed E-state index contributed by atoms with van der Waals surface area (Å²) in [5, 5.41) is 2.32. The lowest BCUT2D eigenvalue weighted by molar-refractivity contribution is 0.0527. The highest BCUT2D eigenvalue weighted by molar-refractivity contribution is 7.20. The summed E-state index contributed by atoms with van der Waals surface area (Å²) in [5.74, 6) is -0.364. The largest absolute Gasteiger partial charge is 0.462 e. The lowest BCUT2D eigenvalue weighted by atomic mass is 10.3. The molecule has 2 heterocycles. The number of hydrogen-bond donors (Lipinski definition) is 0. The zero-order valence-corrected chi connectivity index (χ0v) is 9.48. The summed E-state index contributed by atoms with van der Waals surface area (Å²) in [4.78, 5) is 26.7. The van der Waals surface area contributed by atoms with E-state index in [0.717, 1.165) is 16.2 Å². The Hall–Kier alpha value is -1.27. The maximum Gasteiger partial charge on any atom is 0.338 e. The van der Waals surface area contributed by atoms with Crippen molar-refractivity contribution in [2.24, 2.45) is 0 Å². The highest BCUT2D eigenvalue weighted by atomic mass is 32.1. The van der Waals surface area contributed by atoms with E-state index in [9.17, 15) is 9.59 Å². The number of ether oxygens (including phenoxy) is 1. The van der Waals surface area contributed by atoms with E-state index in [1.165, 1.54) is 11.3 Å². The van der Waals surface area contributed by atoms with Gasteiger partial charge >= 0.3 is 10.8 Å². The molecule has 0 aromatic carbocycles. The van der Waals surface area contributed by atoms with Gasteiger partial charge in [-0.15, -0.1) is 11.3 Å². The molecule has 4 nitrogen and oxygen atoms in total. The van der Waals surface area contributed by atoms with Crippen LogP contribution in [-0.4, -0.2) is 17.6 Å². The summed E-state index contributed by atoms with van der Waals surface area (Å²) < 4.78 is 4.86. The Morgan fingerprint density at radius 2 is 2.40 bits per heavy atom. The van der Waals surface area contributed by atoms with Crippen molar-refractivity contribution in [2.75, 3.05) is 6.61 Å². The predicted molar refractivity (Wildman–Crippen MR) is 58.8 cm³/mol. The van der Waals surface area contributed by atoms with E-state index in [1.54, 1.807) is 18.4 Å². The highest BCUT2D eigenvalue weighted by Crippen LogP contribution is 2.27. The van der Waals surface area contributed by atoms with E-state index in [2.05, 4.69) is 4.98 Å². The van der Waals surface area contributed by atoms with Crippen molar-refractivity contribution >= 4 is 28.6 Å². The molecule has 0 bridgehead atoms. The van der Waals surface area contributed by atoms with Gasteiger partial charge in [0.2, 0.25) is 0 Å². The molecule has 0 amide bonds. The van der Waals surface area contributed by atoms with Crippen LogP contribution in [0.15, 0.2) is 16.2 Å². The second-order valence-corrected chi connectivity index (χ2v) is 4.56. The topological polar surface area (TPSA) is 56.3 Å². The summed E-state index contributed by atoms with van der Waals surface area (Å²) in [6.45, 7) is 2.10. The van der Waals surface area contributed by atoms with Gasteiger partial charge in [0.15, 0.2) is 0 Å². The zero-order chi connectivity index (χ0) is 10.8. The Labute approximate surface area is 93.5 Å². The molecule has 2 aliphatic rings. The van der Waals surface area contributed by atoms with Gasteiger partial charge in [0.05, 0.1) is 17.0 Å². The molecule has 0 saturated carbocycles. The highest BCUT2D eigenvalue weighted by Gasteiger charge is 2.13. The van der Waals surface area contributed by atoms with Crippen molar-refractivity contribution in [2.45, 2.75) is 6.92 Å². The quantitative estimate of drug-likeness (QED) is 0.753. The standard InChI is InChI=1S/C9H7NO3S2/c1-2-13-8(11)5-3-6-7(14-4-5)10-9(12)15-6/h3-4H,2H2,1H3. The molecule has 0 saturated heterocycles. The minimum Gasteiger partial charge on any atom is -0.462 e. The lowest BCUT2D eigenvalue weighted by Crippen LogP contribution is -2.03.